The van der Waals surface area contributed by atoms with Gasteiger partial charge in [-0.25, -0.2) is 10.7 Å². The second kappa shape index (κ2) is 3.25. The van der Waals surface area contributed by atoms with Gasteiger partial charge in [-0.15, -0.1) is 0 Å². The van der Waals surface area contributed by atoms with Crippen molar-refractivity contribution in [3.8, 4) is 0 Å². The van der Waals surface area contributed by atoms with Gasteiger partial charge in [0.1, 0.15) is 0 Å². The van der Waals surface area contributed by atoms with Crippen LogP contribution in [-0.4, -0.2) is 10.7 Å². The zero-order valence-electron chi connectivity index (χ0n) is 4.14. The summed E-state index contributed by atoms with van der Waals surface area (Å²) in [6.45, 7) is 3.92. The summed E-state index contributed by atoms with van der Waals surface area (Å²) < 4.78 is 0. The second-order valence-electron chi connectivity index (χ2n) is 0.880. The van der Waals surface area contributed by atoms with Gasteiger partial charge < -0.3 is 15.4 Å². The maximum Gasteiger partial charge on any atom is -0.0700 e. The Balaban J connectivity index is 3.86. The quantitative estimate of drug-likeness (QED) is 0.343. The Hall–Kier alpha value is 0.0500. The fourth-order valence-electron chi connectivity index (χ4n) is 0.136. The first-order chi connectivity index (χ1) is 2.81. The lowest BCUT2D eigenvalue weighted by Crippen LogP contribution is -1.94. The summed E-state index contributed by atoms with van der Waals surface area (Å²) >= 11 is 0. The molecule has 0 bridgehead atoms. The Kier molecular flexibility index (Phi) is 3.28. The van der Waals surface area contributed by atoms with E-state index in [9.17, 15) is 0 Å². The highest BCUT2D eigenvalue weighted by Crippen LogP contribution is 1.45. The fraction of sp³-hybridized carbons (Fsp3) is 0.500. The molecule has 0 aliphatic rings. The molecule has 0 radical (unpaired) electrons. The SMILES string of the molecule is CC=[S-](N)=CC. The minimum Gasteiger partial charge on any atom is -0.428 e. The molecule has 38 valence electrons. The van der Waals surface area contributed by atoms with Crippen LogP contribution in [0.15, 0.2) is 0 Å². The Morgan fingerprint density at radius 2 is 1.67 bits per heavy atom. The van der Waals surface area contributed by atoms with Crippen molar-refractivity contribution in [2.45, 2.75) is 13.8 Å². The van der Waals surface area contributed by atoms with Crippen LogP contribution in [0.1, 0.15) is 13.8 Å². The summed E-state index contributed by atoms with van der Waals surface area (Å²) in [5.41, 5.74) is 0. The summed E-state index contributed by atoms with van der Waals surface area (Å²) in [5, 5.41) is 9.33. The molecular formula is C4H10NS-. The van der Waals surface area contributed by atoms with E-state index in [1.165, 1.54) is 0 Å². The van der Waals surface area contributed by atoms with Crippen LogP contribution in [0.3, 0.4) is 0 Å². The molecule has 0 amide bonds. The van der Waals surface area contributed by atoms with Crippen LogP contribution in [0.25, 0.3) is 0 Å². The molecule has 2 heteroatoms. The summed E-state index contributed by atoms with van der Waals surface area (Å²) in [4.78, 5) is 0. The van der Waals surface area contributed by atoms with E-state index < -0.39 is 0 Å². The molecule has 0 aliphatic heterocycles. The standard InChI is InChI=1S/C4H10NS/c1-3-6(5)4-2/h3-4H,5H2,1-2H3/q-1. The molecule has 1 nitrogen and oxygen atoms in total. The monoisotopic (exact) mass is 104 g/mol. The summed E-state index contributed by atoms with van der Waals surface area (Å²) in [6.07, 6.45) is 0. The van der Waals surface area contributed by atoms with Gasteiger partial charge in [-0.2, -0.15) is 0 Å². The molecule has 0 atom stereocenters. The Morgan fingerprint density at radius 3 is 1.67 bits per heavy atom. The molecule has 6 heavy (non-hydrogen) atoms. The van der Waals surface area contributed by atoms with E-state index in [0.29, 0.717) is 0 Å². The molecule has 0 rings (SSSR count). The minimum absolute atomic E-state index is 0.0340. The highest BCUT2D eigenvalue weighted by molar-refractivity contribution is 7.91. The lowest BCUT2D eigenvalue weighted by atomic mass is 11.0. The first-order valence-electron chi connectivity index (χ1n) is 1.86. The van der Waals surface area contributed by atoms with Gasteiger partial charge in [-0.05, 0) is 0 Å². The molecule has 2 N–H and O–H groups in total. The zero-order chi connectivity index (χ0) is 4.99. The Morgan fingerprint density at radius 1 is 1.33 bits per heavy atom. The van der Waals surface area contributed by atoms with Crippen LogP contribution in [0, 0.1) is 0 Å². The average Bonchev–Trinajstić information content (AvgIpc) is 1.65. The van der Waals surface area contributed by atoms with E-state index in [-0.39, 0.29) is 10.3 Å². The van der Waals surface area contributed by atoms with E-state index in [2.05, 4.69) is 0 Å². The Bertz CT molecular complexity index is 88.1. The van der Waals surface area contributed by atoms with Crippen LogP contribution >= 0.6 is 0 Å². The summed E-state index contributed by atoms with van der Waals surface area (Å²) in [5.74, 6) is 0. The smallest absolute Gasteiger partial charge is 0.0700 e. The summed E-state index contributed by atoms with van der Waals surface area (Å²) in [7, 11) is -0.0340. The maximum atomic E-state index is 5.39. The molecule has 0 heterocycles. The van der Waals surface area contributed by atoms with Crippen LogP contribution in [0.2, 0.25) is 0 Å². The van der Waals surface area contributed by atoms with E-state index in [4.69, 9.17) is 5.14 Å². The molecule has 0 saturated carbocycles. The third-order valence-corrected chi connectivity index (χ3v) is 1.63. The molecule has 0 aromatic carbocycles. The van der Waals surface area contributed by atoms with Crippen molar-refractivity contribution in [2.75, 3.05) is 0 Å². The summed E-state index contributed by atoms with van der Waals surface area (Å²) in [6, 6.07) is 0. The molecule has 0 fully saturated rings. The highest BCUT2D eigenvalue weighted by atomic mass is 32.2. The van der Waals surface area contributed by atoms with Crippen LogP contribution < -0.4 is 5.14 Å². The van der Waals surface area contributed by atoms with Crippen molar-refractivity contribution < 1.29 is 0 Å². The van der Waals surface area contributed by atoms with Gasteiger partial charge in [0.2, 0.25) is 0 Å². The lowest BCUT2D eigenvalue weighted by Gasteiger charge is -1.93. The predicted molar refractivity (Wildman–Crippen MR) is 35.0 cm³/mol. The van der Waals surface area contributed by atoms with Gasteiger partial charge in [0.15, 0.2) is 0 Å². The predicted octanol–water partition coefficient (Wildman–Crippen LogP) is 0.123. The van der Waals surface area contributed by atoms with E-state index in [0.717, 1.165) is 0 Å². The van der Waals surface area contributed by atoms with Gasteiger partial charge in [0, 0.05) is 0 Å². The van der Waals surface area contributed by atoms with Crippen molar-refractivity contribution in [1.29, 1.82) is 0 Å². The van der Waals surface area contributed by atoms with Crippen LogP contribution in [0.5, 0.6) is 0 Å². The van der Waals surface area contributed by atoms with Gasteiger partial charge >= 0.3 is 0 Å². The molecule has 0 unspecified atom stereocenters. The first kappa shape index (κ1) is 6.05. The molecule has 0 spiro atoms. The minimum atomic E-state index is -0.0340. The van der Waals surface area contributed by atoms with Crippen molar-refractivity contribution in [3.05, 3.63) is 0 Å². The normalized spacial score (nSPS) is 15.8. The third kappa shape index (κ3) is 2.30. The molecular weight excluding hydrogens is 94.1 g/mol. The van der Waals surface area contributed by atoms with Crippen LogP contribution in [0.4, 0.5) is 0 Å². The molecule has 0 saturated heterocycles. The van der Waals surface area contributed by atoms with Crippen LogP contribution in [-0.2, 0) is 10.3 Å². The number of hydrogen-bond donors (Lipinski definition) is 1. The van der Waals surface area contributed by atoms with E-state index in [1.54, 1.807) is 0 Å². The number of rotatable bonds is 0. The molecule has 0 aromatic heterocycles. The van der Waals surface area contributed by atoms with E-state index in [1.807, 2.05) is 24.6 Å². The average molecular weight is 104 g/mol. The topological polar surface area (TPSA) is 26.0 Å². The largest absolute Gasteiger partial charge is 0.428 e. The molecule has 0 aliphatic carbocycles. The van der Waals surface area contributed by atoms with E-state index >= 15 is 0 Å². The third-order valence-electron chi connectivity index (χ3n) is 0.544. The zero-order valence-corrected chi connectivity index (χ0v) is 4.96. The number of nitrogens with two attached hydrogens (primary N) is 1. The van der Waals surface area contributed by atoms with Gasteiger partial charge in [0.05, 0.1) is 0 Å². The lowest BCUT2D eigenvalue weighted by molar-refractivity contribution is 2.02. The maximum absolute atomic E-state index is 5.39. The number of hydrogen-bond acceptors (Lipinski definition) is 2. The van der Waals surface area contributed by atoms with Crippen molar-refractivity contribution in [3.63, 3.8) is 0 Å². The Labute approximate surface area is 40.8 Å². The van der Waals surface area contributed by atoms with Gasteiger partial charge in [-0.3, -0.25) is 0 Å². The van der Waals surface area contributed by atoms with Gasteiger partial charge in [0.25, 0.3) is 0 Å². The van der Waals surface area contributed by atoms with Crippen molar-refractivity contribution in [1.82, 2.24) is 0 Å². The highest BCUT2D eigenvalue weighted by Gasteiger charge is 1.34. The van der Waals surface area contributed by atoms with Crippen molar-refractivity contribution >= 4 is 21.0 Å². The molecule has 0 aromatic rings. The second-order valence-corrected chi connectivity index (χ2v) is 2.64. The van der Waals surface area contributed by atoms with Gasteiger partial charge in [-0.1, -0.05) is 13.8 Å². The first-order valence-corrected chi connectivity index (χ1v) is 3.28. The fourth-order valence-corrected chi connectivity index (χ4v) is 0.408. The van der Waals surface area contributed by atoms with Crippen molar-refractivity contribution in [2.24, 2.45) is 5.14 Å².